The Morgan fingerprint density at radius 1 is 1.23 bits per heavy atom. The third kappa shape index (κ3) is 6.14. The first-order valence-electron chi connectivity index (χ1n) is 7.71. The van der Waals surface area contributed by atoms with E-state index in [1.807, 2.05) is 0 Å². The van der Waals surface area contributed by atoms with E-state index < -0.39 is 0 Å². The van der Waals surface area contributed by atoms with Crippen molar-refractivity contribution in [3.63, 3.8) is 0 Å². The summed E-state index contributed by atoms with van der Waals surface area (Å²) in [7, 11) is 1.56. The molecule has 0 unspecified atom stereocenters. The second kappa shape index (κ2) is 10.3. The number of hydrogen-bond acceptors (Lipinski definition) is 6. The summed E-state index contributed by atoms with van der Waals surface area (Å²) in [5.74, 6) is -0.505. The van der Waals surface area contributed by atoms with Crippen LogP contribution >= 0.6 is 34.5 Å². The molecule has 0 bridgehead atoms. The summed E-state index contributed by atoms with van der Waals surface area (Å²) >= 11 is 13.3. The van der Waals surface area contributed by atoms with Gasteiger partial charge in [0.2, 0.25) is 5.91 Å². The number of methoxy groups -OCH3 is 1. The zero-order valence-electron chi connectivity index (χ0n) is 14.0. The Morgan fingerprint density at radius 3 is 2.81 bits per heavy atom. The van der Waals surface area contributed by atoms with E-state index in [1.54, 1.807) is 30.7 Å². The highest BCUT2D eigenvalue weighted by molar-refractivity contribution is 7.14. The fraction of sp³-hybridized carbons (Fsp3) is 0.312. The van der Waals surface area contributed by atoms with Crippen molar-refractivity contribution in [3.05, 3.63) is 39.3 Å². The Balaban J connectivity index is 1.82. The van der Waals surface area contributed by atoms with Crippen LogP contribution in [-0.4, -0.2) is 43.6 Å². The Bertz CT molecular complexity index is 770. The van der Waals surface area contributed by atoms with Gasteiger partial charge in [-0.15, -0.1) is 11.3 Å². The van der Waals surface area contributed by atoms with Crippen LogP contribution in [-0.2, 0) is 9.53 Å². The Labute approximate surface area is 165 Å². The normalized spacial score (nSPS) is 10.4. The van der Waals surface area contributed by atoms with Gasteiger partial charge in [-0.3, -0.25) is 9.59 Å². The summed E-state index contributed by atoms with van der Waals surface area (Å²) < 4.78 is 4.84. The fourth-order valence-electron chi connectivity index (χ4n) is 1.91. The zero-order chi connectivity index (χ0) is 18.9. The summed E-state index contributed by atoms with van der Waals surface area (Å²) in [6, 6.07) is 5.20. The first-order chi connectivity index (χ1) is 12.5. The number of thiazole rings is 1. The largest absolute Gasteiger partial charge is 0.383 e. The van der Waals surface area contributed by atoms with Crippen molar-refractivity contribution in [1.82, 2.24) is 15.6 Å². The van der Waals surface area contributed by atoms with Crippen molar-refractivity contribution >= 4 is 57.2 Å². The van der Waals surface area contributed by atoms with Gasteiger partial charge in [0, 0.05) is 32.0 Å². The van der Waals surface area contributed by atoms with Crippen LogP contribution in [0.3, 0.4) is 0 Å². The monoisotopic (exact) mass is 416 g/mol. The van der Waals surface area contributed by atoms with Gasteiger partial charge >= 0.3 is 0 Å². The minimum atomic E-state index is -0.351. The molecular weight excluding hydrogens is 399 g/mol. The van der Waals surface area contributed by atoms with Crippen molar-refractivity contribution in [2.24, 2.45) is 0 Å². The summed E-state index contributed by atoms with van der Waals surface area (Å²) in [4.78, 5) is 27.8. The van der Waals surface area contributed by atoms with E-state index in [4.69, 9.17) is 27.9 Å². The lowest BCUT2D eigenvalue weighted by Crippen LogP contribution is -2.32. The van der Waals surface area contributed by atoms with E-state index in [0.29, 0.717) is 34.0 Å². The highest BCUT2D eigenvalue weighted by Crippen LogP contribution is 2.32. The molecule has 1 heterocycles. The average Bonchev–Trinajstić information content (AvgIpc) is 3.08. The van der Waals surface area contributed by atoms with Crippen molar-refractivity contribution in [2.75, 3.05) is 32.1 Å². The Hall–Kier alpha value is -1.87. The van der Waals surface area contributed by atoms with Crippen molar-refractivity contribution in [1.29, 1.82) is 0 Å². The van der Waals surface area contributed by atoms with Crippen LogP contribution in [0.5, 0.6) is 0 Å². The van der Waals surface area contributed by atoms with Gasteiger partial charge < -0.3 is 20.7 Å². The SMILES string of the molecule is COCCNC(=O)CCNC(=O)c1csc(Nc2cccc(Cl)c2Cl)n1. The summed E-state index contributed by atoms with van der Waals surface area (Å²) in [5, 5.41) is 11.3. The van der Waals surface area contributed by atoms with Gasteiger partial charge in [0.25, 0.3) is 5.91 Å². The number of carbonyl (C=O) groups excluding carboxylic acids is 2. The van der Waals surface area contributed by atoms with E-state index >= 15 is 0 Å². The topological polar surface area (TPSA) is 92.4 Å². The van der Waals surface area contributed by atoms with Crippen LogP contribution in [0.2, 0.25) is 10.0 Å². The fourth-order valence-corrected chi connectivity index (χ4v) is 2.96. The number of halogens is 2. The Morgan fingerprint density at radius 2 is 2.04 bits per heavy atom. The van der Waals surface area contributed by atoms with Gasteiger partial charge in [-0.25, -0.2) is 4.98 Å². The van der Waals surface area contributed by atoms with E-state index in [1.165, 1.54) is 11.3 Å². The third-order valence-electron chi connectivity index (χ3n) is 3.20. The van der Waals surface area contributed by atoms with Crippen LogP contribution < -0.4 is 16.0 Å². The minimum absolute atomic E-state index is 0.154. The molecule has 0 fully saturated rings. The predicted octanol–water partition coefficient (Wildman–Crippen LogP) is 3.08. The lowest BCUT2D eigenvalue weighted by atomic mass is 10.3. The number of amides is 2. The van der Waals surface area contributed by atoms with Gasteiger partial charge in [-0.1, -0.05) is 29.3 Å². The van der Waals surface area contributed by atoms with Crippen molar-refractivity contribution < 1.29 is 14.3 Å². The molecule has 0 saturated heterocycles. The molecule has 26 heavy (non-hydrogen) atoms. The highest BCUT2D eigenvalue weighted by atomic mass is 35.5. The van der Waals surface area contributed by atoms with Gasteiger partial charge in [-0.05, 0) is 12.1 Å². The van der Waals surface area contributed by atoms with E-state index in [-0.39, 0.29) is 30.5 Å². The lowest BCUT2D eigenvalue weighted by Gasteiger charge is -2.06. The summed E-state index contributed by atoms with van der Waals surface area (Å²) in [6.45, 7) is 1.11. The van der Waals surface area contributed by atoms with Crippen molar-refractivity contribution in [2.45, 2.75) is 6.42 Å². The molecule has 1 aromatic heterocycles. The Kier molecular flexibility index (Phi) is 8.11. The number of nitrogens with zero attached hydrogens (tertiary/aromatic N) is 1. The molecule has 1 aromatic carbocycles. The molecule has 2 rings (SSSR count). The first kappa shape index (κ1) is 20.4. The third-order valence-corrected chi connectivity index (χ3v) is 4.77. The maximum atomic E-state index is 12.1. The second-order valence-electron chi connectivity index (χ2n) is 5.11. The number of hydrogen-bond donors (Lipinski definition) is 3. The molecule has 10 heteroatoms. The van der Waals surface area contributed by atoms with E-state index in [2.05, 4.69) is 20.9 Å². The van der Waals surface area contributed by atoms with Crippen LogP contribution in [0.1, 0.15) is 16.9 Å². The molecule has 0 spiro atoms. The predicted molar refractivity (Wildman–Crippen MR) is 104 cm³/mol. The number of carbonyl (C=O) groups is 2. The first-order valence-corrected chi connectivity index (χ1v) is 9.35. The molecule has 2 aromatic rings. The summed E-state index contributed by atoms with van der Waals surface area (Å²) in [6.07, 6.45) is 0.183. The van der Waals surface area contributed by atoms with Gasteiger partial charge in [0.15, 0.2) is 5.13 Å². The van der Waals surface area contributed by atoms with Crippen LogP contribution in [0.25, 0.3) is 0 Å². The highest BCUT2D eigenvalue weighted by Gasteiger charge is 2.12. The molecule has 0 aliphatic carbocycles. The van der Waals surface area contributed by atoms with Crippen molar-refractivity contribution in [3.8, 4) is 0 Å². The number of anilines is 2. The van der Waals surface area contributed by atoms with Gasteiger partial charge in [0.1, 0.15) is 5.69 Å². The summed E-state index contributed by atoms with van der Waals surface area (Å²) in [5.41, 5.74) is 0.864. The molecule has 0 radical (unpaired) electrons. The van der Waals surface area contributed by atoms with E-state index in [0.717, 1.165) is 0 Å². The van der Waals surface area contributed by atoms with Gasteiger partial charge in [0.05, 0.1) is 22.3 Å². The number of ether oxygens (including phenoxy) is 1. The van der Waals surface area contributed by atoms with Crippen LogP contribution in [0, 0.1) is 0 Å². The minimum Gasteiger partial charge on any atom is -0.383 e. The quantitative estimate of drug-likeness (QED) is 0.546. The van der Waals surface area contributed by atoms with E-state index in [9.17, 15) is 9.59 Å². The number of benzene rings is 1. The lowest BCUT2D eigenvalue weighted by molar-refractivity contribution is -0.121. The zero-order valence-corrected chi connectivity index (χ0v) is 16.3. The maximum Gasteiger partial charge on any atom is 0.270 e. The number of rotatable bonds is 9. The molecule has 0 aliphatic rings. The number of aromatic nitrogens is 1. The molecule has 0 atom stereocenters. The molecule has 0 saturated carbocycles. The average molecular weight is 417 g/mol. The molecule has 2 amide bonds. The molecule has 0 aliphatic heterocycles. The smallest absolute Gasteiger partial charge is 0.270 e. The maximum absolute atomic E-state index is 12.1. The standard InChI is InChI=1S/C16H18Cl2N4O3S/c1-25-8-7-19-13(23)5-6-20-15(24)12-9-26-16(22-12)21-11-4-2-3-10(17)14(11)18/h2-4,9H,5-8H2,1H3,(H,19,23)(H,20,24)(H,21,22). The van der Waals surface area contributed by atoms with Crippen LogP contribution in [0.15, 0.2) is 23.6 Å². The number of nitrogens with one attached hydrogen (secondary N) is 3. The van der Waals surface area contributed by atoms with Gasteiger partial charge in [-0.2, -0.15) is 0 Å². The molecular formula is C16H18Cl2N4O3S. The molecule has 7 nitrogen and oxygen atoms in total. The van der Waals surface area contributed by atoms with Crippen LogP contribution in [0.4, 0.5) is 10.8 Å². The second-order valence-corrected chi connectivity index (χ2v) is 6.76. The molecule has 3 N–H and O–H groups in total. The molecule has 140 valence electrons.